The smallest absolute Gasteiger partial charge is 0.309 e. The van der Waals surface area contributed by atoms with E-state index in [-0.39, 0.29) is 18.9 Å². The van der Waals surface area contributed by atoms with E-state index in [2.05, 4.69) is 30.6 Å². The maximum absolute atomic E-state index is 14.8. The zero-order chi connectivity index (χ0) is 24.3. The highest BCUT2D eigenvalue weighted by atomic mass is 19.3. The maximum Gasteiger partial charge on any atom is 0.309 e. The fourth-order valence-corrected chi connectivity index (χ4v) is 3.43. The van der Waals surface area contributed by atoms with Crippen LogP contribution in [-0.2, 0) is 23.8 Å². The van der Waals surface area contributed by atoms with E-state index in [0.717, 1.165) is 10.9 Å². The lowest BCUT2D eigenvalue weighted by Crippen LogP contribution is -2.40. The van der Waals surface area contributed by atoms with E-state index >= 15 is 0 Å². The third-order valence-electron chi connectivity index (χ3n) is 5.42. The number of hydrogen-bond acceptors (Lipinski definition) is 6. The van der Waals surface area contributed by atoms with Crippen LogP contribution in [0.2, 0.25) is 0 Å². The van der Waals surface area contributed by atoms with E-state index in [0.29, 0.717) is 11.4 Å². The van der Waals surface area contributed by atoms with Gasteiger partial charge in [0.25, 0.3) is 5.56 Å². The van der Waals surface area contributed by atoms with Crippen LogP contribution in [0.5, 0.6) is 0 Å². The minimum Gasteiger partial charge on any atom is -0.360 e. The number of aromatic nitrogens is 5. The van der Waals surface area contributed by atoms with E-state index in [1.54, 1.807) is 19.3 Å². The van der Waals surface area contributed by atoms with E-state index in [1.165, 1.54) is 42.1 Å². The molecule has 4 aromatic heterocycles. The molecular formula is C23H23F2N7O2. The first-order valence-electron chi connectivity index (χ1n) is 10.6. The van der Waals surface area contributed by atoms with Gasteiger partial charge in [0.2, 0.25) is 5.91 Å². The van der Waals surface area contributed by atoms with Crippen LogP contribution < -0.4 is 16.2 Å². The molecule has 1 amide bonds. The predicted octanol–water partition coefficient (Wildman–Crippen LogP) is 2.73. The molecular weight excluding hydrogens is 444 g/mol. The molecule has 0 aliphatic carbocycles. The number of aromatic amines is 1. The van der Waals surface area contributed by atoms with Crippen molar-refractivity contribution in [1.82, 2.24) is 29.8 Å². The van der Waals surface area contributed by atoms with Crippen LogP contribution >= 0.6 is 0 Å². The predicted molar refractivity (Wildman–Crippen MR) is 122 cm³/mol. The van der Waals surface area contributed by atoms with E-state index < -0.39 is 29.1 Å². The summed E-state index contributed by atoms with van der Waals surface area (Å²) in [5.74, 6) is -4.05. The number of rotatable bonds is 8. The second kappa shape index (κ2) is 9.38. The molecule has 9 nitrogen and oxygen atoms in total. The Kier molecular flexibility index (Phi) is 6.35. The molecule has 0 aromatic carbocycles. The molecule has 176 valence electrons. The quantitative estimate of drug-likeness (QED) is 0.367. The van der Waals surface area contributed by atoms with Gasteiger partial charge in [0.05, 0.1) is 30.0 Å². The number of aryl methyl sites for hydroxylation is 1. The van der Waals surface area contributed by atoms with Gasteiger partial charge in [-0.2, -0.15) is 8.78 Å². The highest BCUT2D eigenvalue weighted by Gasteiger charge is 2.40. The van der Waals surface area contributed by atoms with Crippen LogP contribution in [0.3, 0.4) is 0 Å². The lowest BCUT2D eigenvalue weighted by molar-refractivity contribution is -0.121. The molecule has 0 bridgehead atoms. The van der Waals surface area contributed by atoms with Crippen LogP contribution in [-0.4, -0.2) is 36.5 Å². The van der Waals surface area contributed by atoms with Gasteiger partial charge in [-0.05, 0) is 38.1 Å². The molecule has 11 heteroatoms. The van der Waals surface area contributed by atoms with Gasteiger partial charge in [-0.15, -0.1) is 0 Å². The van der Waals surface area contributed by atoms with Gasteiger partial charge in [0, 0.05) is 29.7 Å². The lowest BCUT2D eigenvalue weighted by Gasteiger charge is -2.24. The van der Waals surface area contributed by atoms with Crippen molar-refractivity contribution in [1.29, 1.82) is 0 Å². The third kappa shape index (κ3) is 4.77. The first-order valence-corrected chi connectivity index (χ1v) is 10.6. The molecule has 0 saturated heterocycles. The van der Waals surface area contributed by atoms with Crippen molar-refractivity contribution in [2.45, 2.75) is 38.9 Å². The normalized spacial score (nSPS) is 12.5. The van der Waals surface area contributed by atoms with E-state index in [4.69, 9.17) is 0 Å². The lowest BCUT2D eigenvalue weighted by atomic mass is 10.1. The highest BCUT2D eigenvalue weighted by Crippen LogP contribution is 2.31. The van der Waals surface area contributed by atoms with Crippen molar-refractivity contribution < 1.29 is 13.6 Å². The first-order chi connectivity index (χ1) is 16.3. The van der Waals surface area contributed by atoms with Gasteiger partial charge < -0.3 is 15.6 Å². The van der Waals surface area contributed by atoms with Crippen molar-refractivity contribution in [3.05, 3.63) is 82.6 Å². The van der Waals surface area contributed by atoms with Gasteiger partial charge in [0.1, 0.15) is 12.2 Å². The summed E-state index contributed by atoms with van der Waals surface area (Å²) in [5.41, 5.74) is 0.866. The van der Waals surface area contributed by atoms with Gasteiger partial charge in [-0.3, -0.25) is 24.1 Å². The fraction of sp³-hybridized carbons (Fsp3) is 0.261. The largest absolute Gasteiger partial charge is 0.360 e. The Morgan fingerprint density at radius 2 is 2.03 bits per heavy atom. The van der Waals surface area contributed by atoms with Crippen molar-refractivity contribution in [2.75, 3.05) is 5.32 Å². The Morgan fingerprint density at radius 3 is 2.79 bits per heavy atom. The van der Waals surface area contributed by atoms with Crippen LogP contribution in [0.25, 0.3) is 10.9 Å². The van der Waals surface area contributed by atoms with Crippen LogP contribution in [0.15, 0.2) is 59.9 Å². The number of nitrogens with zero attached hydrogens (tertiary/aromatic N) is 4. The Balaban J connectivity index is 1.45. The summed E-state index contributed by atoms with van der Waals surface area (Å²) in [6.07, 6.45) is 6.10. The van der Waals surface area contributed by atoms with Gasteiger partial charge in [-0.1, -0.05) is 6.07 Å². The van der Waals surface area contributed by atoms with Crippen LogP contribution in [0.1, 0.15) is 24.0 Å². The summed E-state index contributed by atoms with van der Waals surface area (Å²) in [6.45, 7) is 2.73. The number of pyridine rings is 2. The second-order valence-corrected chi connectivity index (χ2v) is 7.86. The topological polar surface area (TPSA) is 118 Å². The molecule has 0 unspecified atom stereocenters. The molecule has 3 N–H and O–H groups in total. The number of nitrogens with one attached hydrogen (secondary N) is 3. The maximum atomic E-state index is 14.8. The summed E-state index contributed by atoms with van der Waals surface area (Å²) in [5, 5.41) is 6.17. The molecule has 1 atom stereocenters. The number of alkyl halides is 2. The Bertz CT molecular complexity index is 1370. The second-order valence-electron chi connectivity index (χ2n) is 7.86. The number of fused-ring (bicyclic) bond motifs is 1. The first kappa shape index (κ1) is 23.0. The van der Waals surface area contributed by atoms with Crippen molar-refractivity contribution in [2.24, 2.45) is 0 Å². The standard InChI is InChI=1S/C23H23F2N7O2/c1-14-10-30-21(31-15(2)23(24,25)19-5-3-4-7-27-19)22(34)32(14)13-20(33)29-11-17-9-16-6-8-26-18(16)12-28-17/h3-10,12,15,26H,11,13H2,1-2H3,(H,29,33)(H,30,31)/t15-/m1/s1. The molecule has 0 aliphatic rings. The third-order valence-corrected chi connectivity index (χ3v) is 5.42. The Labute approximate surface area is 193 Å². The number of carbonyl (C=O) groups excluding carboxylic acids is 1. The highest BCUT2D eigenvalue weighted by molar-refractivity contribution is 5.79. The number of halogens is 2. The summed E-state index contributed by atoms with van der Waals surface area (Å²) >= 11 is 0. The molecule has 0 spiro atoms. The minimum atomic E-state index is -3.35. The molecule has 4 rings (SSSR count). The Morgan fingerprint density at radius 1 is 1.21 bits per heavy atom. The average Bonchev–Trinajstić information content (AvgIpc) is 3.30. The zero-order valence-corrected chi connectivity index (χ0v) is 18.5. The molecule has 0 aliphatic heterocycles. The number of amides is 1. The molecule has 34 heavy (non-hydrogen) atoms. The molecule has 0 saturated carbocycles. The summed E-state index contributed by atoms with van der Waals surface area (Å²) in [7, 11) is 0. The van der Waals surface area contributed by atoms with Crippen molar-refractivity contribution in [3.63, 3.8) is 0 Å². The minimum absolute atomic E-state index is 0.178. The summed E-state index contributed by atoms with van der Waals surface area (Å²) < 4.78 is 30.7. The molecule has 4 heterocycles. The van der Waals surface area contributed by atoms with Crippen LogP contribution in [0, 0.1) is 6.92 Å². The Hall–Kier alpha value is -4.15. The van der Waals surface area contributed by atoms with Crippen molar-refractivity contribution in [3.8, 4) is 0 Å². The number of carbonyl (C=O) groups is 1. The van der Waals surface area contributed by atoms with Gasteiger partial charge in [-0.25, -0.2) is 4.98 Å². The van der Waals surface area contributed by atoms with Gasteiger partial charge in [0.15, 0.2) is 5.82 Å². The molecule has 0 radical (unpaired) electrons. The monoisotopic (exact) mass is 467 g/mol. The summed E-state index contributed by atoms with van der Waals surface area (Å²) in [6, 6.07) is 6.49. The molecule has 0 fully saturated rings. The SMILES string of the molecule is Cc1cnc(N[C@H](C)C(F)(F)c2ccccn2)c(=O)n1CC(=O)NCc1cc2cc[nH]c2cn1. The number of anilines is 1. The van der Waals surface area contributed by atoms with Gasteiger partial charge >= 0.3 is 5.92 Å². The van der Waals surface area contributed by atoms with E-state index in [9.17, 15) is 18.4 Å². The molecule has 4 aromatic rings. The fourth-order valence-electron chi connectivity index (χ4n) is 3.43. The summed E-state index contributed by atoms with van der Waals surface area (Å²) in [4.78, 5) is 40.4. The number of hydrogen-bond donors (Lipinski definition) is 3. The van der Waals surface area contributed by atoms with Crippen LogP contribution in [0.4, 0.5) is 14.6 Å². The number of H-pyrrole nitrogens is 1. The zero-order valence-electron chi connectivity index (χ0n) is 18.5. The average molecular weight is 467 g/mol. The van der Waals surface area contributed by atoms with E-state index in [1.807, 2.05) is 12.1 Å². The van der Waals surface area contributed by atoms with Crippen molar-refractivity contribution >= 4 is 22.6 Å².